The van der Waals surface area contributed by atoms with Gasteiger partial charge in [-0.15, -0.1) is 0 Å². The number of hydrogen-bond acceptors (Lipinski definition) is 3. The fourth-order valence-corrected chi connectivity index (χ4v) is 1.57. The van der Waals surface area contributed by atoms with E-state index in [1.54, 1.807) is 6.92 Å². The van der Waals surface area contributed by atoms with Crippen LogP contribution in [0.15, 0.2) is 24.3 Å². The summed E-state index contributed by atoms with van der Waals surface area (Å²) in [7, 11) is 0. The lowest BCUT2D eigenvalue weighted by molar-refractivity contribution is -0.127. The minimum Gasteiger partial charge on any atom is -0.481 e. The van der Waals surface area contributed by atoms with Gasteiger partial charge in [0.1, 0.15) is 11.6 Å². The minimum atomic E-state index is -0.695. The Morgan fingerprint density at radius 3 is 2.63 bits per heavy atom. The Balaban J connectivity index is 2.38. The Morgan fingerprint density at radius 2 is 2.05 bits per heavy atom. The van der Waals surface area contributed by atoms with Crippen LogP contribution in [0.25, 0.3) is 0 Å². The third-order valence-electron chi connectivity index (χ3n) is 2.63. The van der Waals surface area contributed by atoms with Crippen molar-refractivity contribution in [1.82, 2.24) is 5.32 Å². The van der Waals surface area contributed by atoms with Gasteiger partial charge in [-0.2, -0.15) is 0 Å². The fraction of sp³-hybridized carbons (Fsp3) is 0.500. The molecule has 5 heteroatoms. The molecule has 0 aliphatic carbocycles. The van der Waals surface area contributed by atoms with E-state index in [1.165, 1.54) is 24.3 Å². The Labute approximate surface area is 112 Å². The number of rotatable bonds is 7. The molecule has 2 atom stereocenters. The summed E-state index contributed by atoms with van der Waals surface area (Å²) in [4.78, 5) is 11.7. The molecule has 0 spiro atoms. The number of benzene rings is 1. The molecule has 0 saturated heterocycles. The van der Waals surface area contributed by atoms with Gasteiger partial charge in [0, 0.05) is 6.54 Å². The summed E-state index contributed by atoms with van der Waals surface area (Å²) in [6.07, 6.45) is 0.276. The van der Waals surface area contributed by atoms with Crippen LogP contribution in [0.2, 0.25) is 0 Å². The topological polar surface area (TPSA) is 58.6 Å². The minimum absolute atomic E-state index is 0.212. The lowest BCUT2D eigenvalue weighted by Crippen LogP contribution is -2.40. The van der Waals surface area contributed by atoms with E-state index in [1.807, 2.05) is 6.92 Å². The number of halogens is 1. The van der Waals surface area contributed by atoms with E-state index >= 15 is 0 Å². The number of aliphatic hydroxyl groups excluding tert-OH is 1. The molecule has 0 saturated carbocycles. The lowest BCUT2D eigenvalue weighted by atomic mass is 10.2. The highest BCUT2D eigenvalue weighted by Crippen LogP contribution is 2.12. The van der Waals surface area contributed by atoms with Gasteiger partial charge in [0.25, 0.3) is 5.91 Å². The summed E-state index contributed by atoms with van der Waals surface area (Å²) in [6, 6.07) is 5.46. The van der Waals surface area contributed by atoms with Crippen molar-refractivity contribution in [3.8, 4) is 5.75 Å². The first kappa shape index (κ1) is 15.4. The standard InChI is InChI=1S/C14H20FNO3/c1-3-4-12(17)9-16-14(18)10(2)19-13-7-5-11(15)6-8-13/h5-8,10,12,17H,3-4,9H2,1-2H3,(H,16,18). The number of carbonyl (C=O) groups excluding carboxylic acids is 1. The highest BCUT2D eigenvalue weighted by Gasteiger charge is 2.15. The van der Waals surface area contributed by atoms with Crippen molar-refractivity contribution in [3.05, 3.63) is 30.1 Å². The largest absolute Gasteiger partial charge is 0.481 e. The smallest absolute Gasteiger partial charge is 0.260 e. The van der Waals surface area contributed by atoms with Crippen molar-refractivity contribution in [3.63, 3.8) is 0 Å². The van der Waals surface area contributed by atoms with Gasteiger partial charge < -0.3 is 15.2 Å². The van der Waals surface area contributed by atoms with Gasteiger partial charge in [-0.05, 0) is 37.6 Å². The van der Waals surface area contributed by atoms with Gasteiger partial charge >= 0.3 is 0 Å². The van der Waals surface area contributed by atoms with Gasteiger partial charge in [-0.1, -0.05) is 13.3 Å². The lowest BCUT2D eigenvalue weighted by Gasteiger charge is -2.16. The number of ether oxygens (including phenoxy) is 1. The van der Waals surface area contributed by atoms with Crippen molar-refractivity contribution < 1.29 is 19.0 Å². The zero-order valence-corrected chi connectivity index (χ0v) is 11.2. The Morgan fingerprint density at radius 1 is 1.42 bits per heavy atom. The summed E-state index contributed by atoms with van der Waals surface area (Å²) in [5.74, 6) is -0.232. The zero-order chi connectivity index (χ0) is 14.3. The fourth-order valence-electron chi connectivity index (χ4n) is 1.57. The van der Waals surface area contributed by atoms with Crippen LogP contribution in [0.5, 0.6) is 5.75 Å². The van der Waals surface area contributed by atoms with E-state index in [9.17, 15) is 14.3 Å². The van der Waals surface area contributed by atoms with E-state index < -0.39 is 12.2 Å². The summed E-state index contributed by atoms with van der Waals surface area (Å²) in [6.45, 7) is 3.78. The molecule has 1 aromatic carbocycles. The maximum atomic E-state index is 12.7. The van der Waals surface area contributed by atoms with Gasteiger partial charge in [0.2, 0.25) is 0 Å². The van der Waals surface area contributed by atoms with Crippen LogP contribution in [0.1, 0.15) is 26.7 Å². The van der Waals surface area contributed by atoms with Crippen molar-refractivity contribution in [2.24, 2.45) is 0 Å². The quantitative estimate of drug-likeness (QED) is 0.794. The molecule has 0 aliphatic heterocycles. The number of hydrogen-bond donors (Lipinski definition) is 2. The Bertz CT molecular complexity index is 394. The SMILES string of the molecule is CCCC(O)CNC(=O)C(C)Oc1ccc(F)cc1. The first-order valence-electron chi connectivity index (χ1n) is 6.41. The molecule has 2 N–H and O–H groups in total. The predicted molar refractivity (Wildman–Crippen MR) is 70.4 cm³/mol. The molecule has 1 rings (SSSR count). The summed E-state index contributed by atoms with van der Waals surface area (Å²) in [5, 5.41) is 12.1. The van der Waals surface area contributed by atoms with Gasteiger partial charge in [0.15, 0.2) is 6.10 Å². The molecule has 2 unspecified atom stereocenters. The second-order valence-electron chi connectivity index (χ2n) is 4.40. The molecular formula is C14H20FNO3. The molecule has 1 aromatic rings. The zero-order valence-electron chi connectivity index (χ0n) is 11.2. The molecule has 0 fully saturated rings. The van der Waals surface area contributed by atoms with Crippen molar-refractivity contribution in [2.45, 2.75) is 38.9 Å². The summed E-state index contributed by atoms with van der Waals surface area (Å²) < 4.78 is 18.1. The monoisotopic (exact) mass is 269 g/mol. The first-order chi connectivity index (χ1) is 9.02. The van der Waals surface area contributed by atoms with Crippen LogP contribution >= 0.6 is 0 Å². The highest BCUT2D eigenvalue weighted by atomic mass is 19.1. The van der Waals surface area contributed by atoms with Crippen LogP contribution in [0.4, 0.5) is 4.39 Å². The molecule has 0 aromatic heterocycles. The van der Waals surface area contributed by atoms with Crippen LogP contribution in [0, 0.1) is 5.82 Å². The Kier molecular flexibility index (Phi) is 6.29. The average molecular weight is 269 g/mol. The molecule has 0 aliphatic rings. The molecule has 0 heterocycles. The van der Waals surface area contributed by atoms with Gasteiger partial charge in [-0.25, -0.2) is 4.39 Å². The molecule has 19 heavy (non-hydrogen) atoms. The summed E-state index contributed by atoms with van der Waals surface area (Å²) in [5.41, 5.74) is 0. The average Bonchev–Trinajstić information content (AvgIpc) is 2.39. The van der Waals surface area contributed by atoms with Crippen molar-refractivity contribution in [2.75, 3.05) is 6.54 Å². The maximum Gasteiger partial charge on any atom is 0.260 e. The van der Waals surface area contributed by atoms with E-state index in [-0.39, 0.29) is 18.3 Å². The molecule has 0 bridgehead atoms. The molecule has 4 nitrogen and oxygen atoms in total. The molecule has 0 radical (unpaired) electrons. The maximum absolute atomic E-state index is 12.7. The number of nitrogens with one attached hydrogen (secondary N) is 1. The summed E-state index contributed by atoms with van der Waals surface area (Å²) >= 11 is 0. The van der Waals surface area contributed by atoms with Gasteiger partial charge in [-0.3, -0.25) is 4.79 Å². The molecule has 106 valence electrons. The van der Waals surface area contributed by atoms with Gasteiger partial charge in [0.05, 0.1) is 6.10 Å². The van der Waals surface area contributed by atoms with E-state index in [0.29, 0.717) is 12.2 Å². The number of amides is 1. The van der Waals surface area contributed by atoms with E-state index in [4.69, 9.17) is 4.74 Å². The first-order valence-corrected chi connectivity index (χ1v) is 6.41. The normalized spacial score (nSPS) is 13.7. The number of carbonyl (C=O) groups is 1. The Hall–Kier alpha value is -1.62. The second kappa shape index (κ2) is 7.74. The third kappa shape index (κ3) is 5.70. The number of aliphatic hydroxyl groups is 1. The molecular weight excluding hydrogens is 249 g/mol. The predicted octanol–water partition coefficient (Wildman–Crippen LogP) is 1.87. The van der Waals surface area contributed by atoms with Crippen LogP contribution in [-0.2, 0) is 4.79 Å². The van der Waals surface area contributed by atoms with E-state index in [0.717, 1.165) is 6.42 Å². The van der Waals surface area contributed by atoms with Crippen LogP contribution in [-0.4, -0.2) is 29.8 Å². The van der Waals surface area contributed by atoms with Crippen molar-refractivity contribution in [1.29, 1.82) is 0 Å². The van der Waals surface area contributed by atoms with Crippen LogP contribution in [0.3, 0.4) is 0 Å². The second-order valence-corrected chi connectivity index (χ2v) is 4.40. The third-order valence-corrected chi connectivity index (χ3v) is 2.63. The van der Waals surface area contributed by atoms with E-state index in [2.05, 4.69) is 5.32 Å². The van der Waals surface area contributed by atoms with Crippen LogP contribution < -0.4 is 10.1 Å². The van der Waals surface area contributed by atoms with Crippen molar-refractivity contribution >= 4 is 5.91 Å². The molecule has 1 amide bonds. The highest BCUT2D eigenvalue weighted by molar-refractivity contribution is 5.80.